The Bertz CT molecular complexity index is 944. The van der Waals surface area contributed by atoms with E-state index >= 15 is 0 Å². The van der Waals surface area contributed by atoms with Crippen LogP contribution in [0.4, 0.5) is 0 Å². The van der Waals surface area contributed by atoms with E-state index in [0.29, 0.717) is 49.1 Å². The van der Waals surface area contributed by atoms with Crippen LogP contribution in [0.25, 0.3) is 0 Å². The standard InChI is InChI=1S/C22H24ClN3O4/c1-15(21(27)24-13-16-6-7-19-20(12-16)30-14-29-19)25-8-10-26(11-9-25)22(28)17-4-2-3-5-18(17)23/h2-7,12,15H,8-11,13-14H2,1H3,(H,24,27)/t15-/m1/s1. The number of piperazine rings is 1. The van der Waals surface area contributed by atoms with Crippen molar-refractivity contribution in [2.24, 2.45) is 0 Å². The van der Waals surface area contributed by atoms with Gasteiger partial charge in [0.2, 0.25) is 12.7 Å². The van der Waals surface area contributed by atoms with Crippen LogP contribution in [-0.4, -0.2) is 60.6 Å². The molecule has 1 N–H and O–H groups in total. The Hall–Kier alpha value is -2.77. The van der Waals surface area contributed by atoms with Crippen molar-refractivity contribution in [2.45, 2.75) is 19.5 Å². The second-order valence-electron chi connectivity index (χ2n) is 7.39. The average molecular weight is 430 g/mol. The average Bonchev–Trinajstić information content (AvgIpc) is 3.25. The highest BCUT2D eigenvalue weighted by Gasteiger charge is 2.28. The summed E-state index contributed by atoms with van der Waals surface area (Å²) >= 11 is 6.15. The molecule has 8 heteroatoms. The molecule has 0 radical (unpaired) electrons. The van der Waals surface area contributed by atoms with Crippen molar-refractivity contribution in [3.05, 3.63) is 58.6 Å². The fraction of sp³-hybridized carbons (Fsp3) is 0.364. The Kier molecular flexibility index (Phi) is 6.11. The SMILES string of the molecule is C[C@H](C(=O)NCc1ccc2c(c1)OCO2)N1CCN(C(=O)c2ccccc2Cl)CC1. The molecular weight excluding hydrogens is 406 g/mol. The first kappa shape index (κ1) is 20.5. The molecule has 2 aliphatic rings. The highest BCUT2D eigenvalue weighted by Crippen LogP contribution is 2.32. The molecule has 2 heterocycles. The van der Waals surface area contributed by atoms with Crippen molar-refractivity contribution < 1.29 is 19.1 Å². The molecule has 2 amide bonds. The zero-order chi connectivity index (χ0) is 21.1. The monoisotopic (exact) mass is 429 g/mol. The number of hydrogen-bond acceptors (Lipinski definition) is 5. The summed E-state index contributed by atoms with van der Waals surface area (Å²) in [5.41, 5.74) is 1.47. The first-order chi connectivity index (χ1) is 14.5. The first-order valence-electron chi connectivity index (χ1n) is 9.97. The number of halogens is 1. The van der Waals surface area contributed by atoms with E-state index in [4.69, 9.17) is 21.1 Å². The van der Waals surface area contributed by atoms with Crippen molar-refractivity contribution in [1.29, 1.82) is 0 Å². The highest BCUT2D eigenvalue weighted by molar-refractivity contribution is 6.33. The molecule has 1 saturated heterocycles. The quantitative estimate of drug-likeness (QED) is 0.790. The lowest BCUT2D eigenvalue weighted by atomic mass is 10.1. The summed E-state index contributed by atoms with van der Waals surface area (Å²) < 4.78 is 10.7. The Labute approximate surface area is 180 Å². The molecule has 7 nitrogen and oxygen atoms in total. The molecule has 0 bridgehead atoms. The molecule has 158 valence electrons. The van der Waals surface area contributed by atoms with E-state index in [1.165, 1.54) is 0 Å². The fourth-order valence-electron chi connectivity index (χ4n) is 3.67. The van der Waals surface area contributed by atoms with Crippen LogP contribution in [0.2, 0.25) is 5.02 Å². The molecule has 2 aromatic rings. The molecule has 0 saturated carbocycles. The number of carbonyl (C=O) groups excluding carboxylic acids is 2. The minimum atomic E-state index is -0.281. The van der Waals surface area contributed by atoms with E-state index in [0.717, 1.165) is 11.3 Å². The van der Waals surface area contributed by atoms with Crippen LogP contribution in [0.5, 0.6) is 11.5 Å². The third-order valence-corrected chi connectivity index (χ3v) is 5.87. The molecule has 1 atom stereocenters. The first-order valence-corrected chi connectivity index (χ1v) is 10.3. The molecule has 0 aromatic heterocycles. The van der Waals surface area contributed by atoms with Gasteiger partial charge in [-0.15, -0.1) is 0 Å². The summed E-state index contributed by atoms with van der Waals surface area (Å²) in [6, 6.07) is 12.4. The predicted molar refractivity (Wildman–Crippen MR) is 113 cm³/mol. The van der Waals surface area contributed by atoms with Gasteiger partial charge in [0.15, 0.2) is 11.5 Å². The number of ether oxygens (including phenoxy) is 2. The van der Waals surface area contributed by atoms with E-state index < -0.39 is 0 Å². The molecule has 4 rings (SSSR count). The highest BCUT2D eigenvalue weighted by atomic mass is 35.5. The number of benzene rings is 2. The lowest BCUT2D eigenvalue weighted by Gasteiger charge is -2.37. The molecule has 0 aliphatic carbocycles. The molecule has 2 aliphatic heterocycles. The Balaban J connectivity index is 1.27. The molecule has 1 fully saturated rings. The van der Waals surface area contributed by atoms with Crippen molar-refractivity contribution >= 4 is 23.4 Å². The summed E-state index contributed by atoms with van der Waals surface area (Å²) in [5, 5.41) is 3.44. The predicted octanol–water partition coefficient (Wildman–Crippen LogP) is 2.53. The third kappa shape index (κ3) is 4.37. The van der Waals surface area contributed by atoms with Crippen molar-refractivity contribution in [3.8, 4) is 11.5 Å². The van der Waals surface area contributed by atoms with Gasteiger partial charge >= 0.3 is 0 Å². The minimum absolute atomic E-state index is 0.0430. The fourth-order valence-corrected chi connectivity index (χ4v) is 3.89. The van der Waals surface area contributed by atoms with Crippen LogP contribution in [0.3, 0.4) is 0 Å². The topological polar surface area (TPSA) is 71.1 Å². The van der Waals surface area contributed by atoms with Gasteiger partial charge < -0.3 is 19.7 Å². The van der Waals surface area contributed by atoms with Gasteiger partial charge in [-0.05, 0) is 36.8 Å². The van der Waals surface area contributed by atoms with Crippen molar-refractivity contribution in [2.75, 3.05) is 33.0 Å². The largest absolute Gasteiger partial charge is 0.454 e. The van der Waals surface area contributed by atoms with Crippen molar-refractivity contribution in [1.82, 2.24) is 15.1 Å². The lowest BCUT2D eigenvalue weighted by Crippen LogP contribution is -2.54. The second kappa shape index (κ2) is 8.93. The van der Waals surface area contributed by atoms with Gasteiger partial charge in [0.1, 0.15) is 0 Å². The van der Waals surface area contributed by atoms with Crippen molar-refractivity contribution in [3.63, 3.8) is 0 Å². The smallest absolute Gasteiger partial charge is 0.255 e. The molecule has 0 spiro atoms. The van der Waals surface area contributed by atoms with Gasteiger partial charge in [-0.2, -0.15) is 0 Å². The zero-order valence-electron chi connectivity index (χ0n) is 16.8. The van der Waals surface area contributed by atoms with Gasteiger partial charge in [0, 0.05) is 32.7 Å². The molecule has 0 unspecified atom stereocenters. The van der Waals surface area contributed by atoms with Crippen LogP contribution in [0.1, 0.15) is 22.8 Å². The van der Waals surface area contributed by atoms with E-state index in [1.54, 1.807) is 23.1 Å². The number of hydrogen-bond donors (Lipinski definition) is 1. The molecule has 30 heavy (non-hydrogen) atoms. The number of amides is 2. The van der Waals surface area contributed by atoms with Crippen LogP contribution in [0.15, 0.2) is 42.5 Å². The summed E-state index contributed by atoms with van der Waals surface area (Å²) in [6.45, 7) is 4.93. The summed E-state index contributed by atoms with van der Waals surface area (Å²) in [7, 11) is 0. The van der Waals surface area contributed by atoms with Gasteiger partial charge in [-0.3, -0.25) is 14.5 Å². The van der Waals surface area contributed by atoms with Crippen LogP contribution < -0.4 is 14.8 Å². The van der Waals surface area contributed by atoms with Gasteiger partial charge in [0.25, 0.3) is 5.91 Å². The molecular formula is C22H24ClN3O4. The van der Waals surface area contributed by atoms with E-state index in [9.17, 15) is 9.59 Å². The van der Waals surface area contributed by atoms with Crippen LogP contribution in [-0.2, 0) is 11.3 Å². The maximum Gasteiger partial charge on any atom is 0.255 e. The van der Waals surface area contributed by atoms with E-state index in [2.05, 4.69) is 10.2 Å². The maximum absolute atomic E-state index is 12.7. The van der Waals surface area contributed by atoms with E-state index in [1.807, 2.05) is 31.2 Å². The lowest BCUT2D eigenvalue weighted by molar-refractivity contribution is -0.126. The van der Waals surface area contributed by atoms with Gasteiger partial charge in [-0.25, -0.2) is 0 Å². The summed E-state index contributed by atoms with van der Waals surface area (Å²) in [5.74, 6) is 1.32. The zero-order valence-corrected chi connectivity index (χ0v) is 17.5. The Morgan fingerprint density at radius 2 is 1.80 bits per heavy atom. The minimum Gasteiger partial charge on any atom is -0.454 e. The Morgan fingerprint density at radius 3 is 2.57 bits per heavy atom. The molecule has 2 aromatic carbocycles. The van der Waals surface area contributed by atoms with E-state index in [-0.39, 0.29) is 24.6 Å². The summed E-state index contributed by atoms with van der Waals surface area (Å²) in [4.78, 5) is 29.2. The normalized spacial score (nSPS) is 16.9. The summed E-state index contributed by atoms with van der Waals surface area (Å²) in [6.07, 6.45) is 0. The third-order valence-electron chi connectivity index (χ3n) is 5.54. The second-order valence-corrected chi connectivity index (χ2v) is 7.80. The van der Waals surface area contributed by atoms with Gasteiger partial charge in [-0.1, -0.05) is 29.8 Å². The maximum atomic E-state index is 12.7. The van der Waals surface area contributed by atoms with Crippen LogP contribution in [0, 0.1) is 0 Å². The van der Waals surface area contributed by atoms with Crippen LogP contribution >= 0.6 is 11.6 Å². The number of nitrogens with one attached hydrogen (secondary N) is 1. The number of rotatable bonds is 5. The Morgan fingerprint density at radius 1 is 1.07 bits per heavy atom. The van der Waals surface area contributed by atoms with Gasteiger partial charge in [0.05, 0.1) is 16.6 Å². The number of fused-ring (bicyclic) bond motifs is 1. The number of carbonyl (C=O) groups is 2. The number of nitrogens with zero attached hydrogens (tertiary/aromatic N) is 2.